The molecule has 0 fully saturated rings. The summed E-state index contributed by atoms with van der Waals surface area (Å²) < 4.78 is 0.899. The number of hydrogen-bond donors (Lipinski definition) is 1. The molecule has 0 bridgehead atoms. The van der Waals surface area contributed by atoms with Crippen molar-refractivity contribution >= 4 is 27.3 Å². The molecule has 0 aliphatic carbocycles. The highest BCUT2D eigenvalue weighted by Gasteiger charge is 2.07. The van der Waals surface area contributed by atoms with Crippen LogP contribution in [0.5, 0.6) is 0 Å². The second-order valence-corrected chi connectivity index (χ2v) is 5.20. The number of nitrogens with two attached hydrogens (primary N) is 1. The Bertz CT molecular complexity index is 632. The minimum atomic E-state index is 0.676. The van der Waals surface area contributed by atoms with E-state index in [2.05, 4.69) is 22.0 Å². The summed E-state index contributed by atoms with van der Waals surface area (Å²) in [6.07, 6.45) is 0. The van der Waals surface area contributed by atoms with Gasteiger partial charge in [0.1, 0.15) is 6.07 Å². The van der Waals surface area contributed by atoms with Crippen molar-refractivity contribution < 1.29 is 0 Å². The highest BCUT2D eigenvalue weighted by atomic mass is 79.9. The molecule has 2 rings (SSSR count). The number of para-hydroxylation sites is 1. The van der Waals surface area contributed by atoms with E-state index in [1.807, 2.05) is 54.4 Å². The first-order valence-corrected chi connectivity index (χ1v) is 6.65. The zero-order valence-corrected chi connectivity index (χ0v) is 12.2. The lowest BCUT2D eigenvalue weighted by atomic mass is 10.1. The highest BCUT2D eigenvalue weighted by Crippen LogP contribution is 2.23. The minimum absolute atomic E-state index is 0.676. The second-order valence-electron chi connectivity index (χ2n) is 4.34. The zero-order valence-electron chi connectivity index (χ0n) is 10.6. The lowest BCUT2D eigenvalue weighted by Crippen LogP contribution is -2.17. The molecule has 0 aromatic heterocycles. The van der Waals surface area contributed by atoms with Crippen molar-refractivity contribution in [1.29, 1.82) is 5.26 Å². The Morgan fingerprint density at radius 1 is 1.26 bits per heavy atom. The SMILES string of the molecule is CN(Cc1ccc(Br)c(N)c1)c1ccccc1C#N. The first-order chi connectivity index (χ1) is 9.11. The van der Waals surface area contributed by atoms with Gasteiger partial charge in [-0.05, 0) is 45.8 Å². The fourth-order valence-corrected chi connectivity index (χ4v) is 2.20. The van der Waals surface area contributed by atoms with Gasteiger partial charge in [0.05, 0.1) is 11.3 Å². The van der Waals surface area contributed by atoms with Crippen molar-refractivity contribution in [2.75, 3.05) is 17.7 Å². The van der Waals surface area contributed by atoms with E-state index in [1.165, 1.54) is 0 Å². The number of rotatable bonds is 3. The molecule has 0 atom stereocenters. The summed E-state index contributed by atoms with van der Waals surface area (Å²) in [7, 11) is 1.97. The van der Waals surface area contributed by atoms with Crippen LogP contribution in [0.1, 0.15) is 11.1 Å². The second kappa shape index (κ2) is 5.77. The third-order valence-corrected chi connectivity index (χ3v) is 3.64. The zero-order chi connectivity index (χ0) is 13.8. The van der Waals surface area contributed by atoms with E-state index in [1.54, 1.807) is 0 Å². The van der Waals surface area contributed by atoms with Crippen LogP contribution in [-0.4, -0.2) is 7.05 Å². The number of nitrogen functional groups attached to an aromatic ring is 1. The average Bonchev–Trinajstić information content (AvgIpc) is 2.43. The van der Waals surface area contributed by atoms with Gasteiger partial charge in [0.2, 0.25) is 0 Å². The van der Waals surface area contributed by atoms with Gasteiger partial charge in [-0.1, -0.05) is 18.2 Å². The molecule has 19 heavy (non-hydrogen) atoms. The molecular weight excluding hydrogens is 302 g/mol. The van der Waals surface area contributed by atoms with Gasteiger partial charge in [0, 0.05) is 23.8 Å². The predicted molar refractivity (Wildman–Crippen MR) is 81.8 cm³/mol. The quantitative estimate of drug-likeness (QED) is 0.881. The molecule has 2 aromatic rings. The van der Waals surface area contributed by atoms with E-state index in [9.17, 15) is 0 Å². The normalized spacial score (nSPS) is 9.95. The molecule has 2 aromatic carbocycles. The molecule has 0 radical (unpaired) electrons. The largest absolute Gasteiger partial charge is 0.398 e. The van der Waals surface area contributed by atoms with E-state index in [0.29, 0.717) is 12.1 Å². The van der Waals surface area contributed by atoms with Crippen LogP contribution < -0.4 is 10.6 Å². The Morgan fingerprint density at radius 2 is 2.00 bits per heavy atom. The van der Waals surface area contributed by atoms with Gasteiger partial charge in [-0.15, -0.1) is 0 Å². The van der Waals surface area contributed by atoms with Crippen LogP contribution in [0.15, 0.2) is 46.9 Å². The number of anilines is 2. The van der Waals surface area contributed by atoms with Gasteiger partial charge in [-0.25, -0.2) is 0 Å². The monoisotopic (exact) mass is 315 g/mol. The first-order valence-electron chi connectivity index (χ1n) is 5.86. The molecule has 0 saturated heterocycles. The van der Waals surface area contributed by atoms with Gasteiger partial charge in [-0.3, -0.25) is 0 Å². The lowest BCUT2D eigenvalue weighted by molar-refractivity contribution is 0.921. The van der Waals surface area contributed by atoms with E-state index >= 15 is 0 Å². The topological polar surface area (TPSA) is 53.0 Å². The Labute approximate surface area is 121 Å². The summed E-state index contributed by atoms with van der Waals surface area (Å²) in [5.74, 6) is 0. The molecular formula is C15H14BrN3. The number of nitrogens with zero attached hydrogens (tertiary/aromatic N) is 2. The Kier molecular flexibility index (Phi) is 4.08. The smallest absolute Gasteiger partial charge is 0.101 e. The van der Waals surface area contributed by atoms with Crippen molar-refractivity contribution in [3.05, 3.63) is 58.1 Å². The van der Waals surface area contributed by atoms with Crippen LogP contribution in [0.4, 0.5) is 11.4 Å². The van der Waals surface area contributed by atoms with E-state index in [4.69, 9.17) is 11.0 Å². The van der Waals surface area contributed by atoms with Crippen molar-refractivity contribution in [2.45, 2.75) is 6.54 Å². The highest BCUT2D eigenvalue weighted by molar-refractivity contribution is 9.10. The Morgan fingerprint density at radius 3 is 2.68 bits per heavy atom. The summed E-state index contributed by atoms with van der Waals surface area (Å²) in [6.45, 7) is 0.705. The van der Waals surface area contributed by atoms with Crippen molar-refractivity contribution in [3.63, 3.8) is 0 Å². The Hall–Kier alpha value is -1.99. The maximum Gasteiger partial charge on any atom is 0.101 e. The summed E-state index contributed by atoms with van der Waals surface area (Å²) in [4.78, 5) is 2.04. The average molecular weight is 316 g/mol. The fraction of sp³-hybridized carbons (Fsp3) is 0.133. The molecule has 3 nitrogen and oxygen atoms in total. The number of hydrogen-bond acceptors (Lipinski definition) is 3. The van der Waals surface area contributed by atoms with Crippen LogP contribution in [-0.2, 0) is 6.54 Å². The molecule has 0 aliphatic rings. The predicted octanol–water partition coefficient (Wildman–Crippen LogP) is 3.54. The number of nitriles is 1. The summed E-state index contributed by atoms with van der Waals surface area (Å²) in [6, 6.07) is 15.7. The lowest BCUT2D eigenvalue weighted by Gasteiger charge is -2.20. The standard InChI is InChI=1S/C15H14BrN3/c1-19(15-5-3-2-4-12(15)9-17)10-11-6-7-13(16)14(18)8-11/h2-8H,10,18H2,1H3. The summed E-state index contributed by atoms with van der Waals surface area (Å²) >= 11 is 3.38. The van der Waals surface area contributed by atoms with Crippen molar-refractivity contribution in [1.82, 2.24) is 0 Å². The molecule has 4 heteroatoms. The third kappa shape index (κ3) is 3.07. The van der Waals surface area contributed by atoms with Gasteiger partial charge in [-0.2, -0.15) is 5.26 Å². The molecule has 96 valence electrons. The molecule has 0 heterocycles. The van der Waals surface area contributed by atoms with Crippen LogP contribution in [0.25, 0.3) is 0 Å². The van der Waals surface area contributed by atoms with Crippen molar-refractivity contribution in [2.24, 2.45) is 0 Å². The van der Waals surface area contributed by atoms with Crippen molar-refractivity contribution in [3.8, 4) is 6.07 Å². The van der Waals surface area contributed by atoms with Crippen LogP contribution in [0, 0.1) is 11.3 Å². The number of halogens is 1. The fourth-order valence-electron chi connectivity index (χ4n) is 1.95. The molecule has 0 saturated carbocycles. The number of benzene rings is 2. The van der Waals surface area contributed by atoms with E-state index in [-0.39, 0.29) is 0 Å². The first kappa shape index (κ1) is 13.4. The van der Waals surface area contributed by atoms with Crippen LogP contribution >= 0.6 is 15.9 Å². The summed E-state index contributed by atoms with van der Waals surface area (Å²) in [5, 5.41) is 9.11. The van der Waals surface area contributed by atoms with Crippen LogP contribution in [0.3, 0.4) is 0 Å². The van der Waals surface area contributed by atoms with Gasteiger partial charge in [0.15, 0.2) is 0 Å². The van der Waals surface area contributed by atoms with E-state index < -0.39 is 0 Å². The summed E-state index contributed by atoms with van der Waals surface area (Å²) in [5.41, 5.74) is 9.30. The third-order valence-electron chi connectivity index (χ3n) is 2.92. The molecule has 2 N–H and O–H groups in total. The van der Waals surface area contributed by atoms with Crippen LogP contribution in [0.2, 0.25) is 0 Å². The van der Waals surface area contributed by atoms with Gasteiger partial charge >= 0.3 is 0 Å². The van der Waals surface area contributed by atoms with E-state index in [0.717, 1.165) is 21.4 Å². The van der Waals surface area contributed by atoms with Gasteiger partial charge < -0.3 is 10.6 Å². The minimum Gasteiger partial charge on any atom is -0.398 e. The molecule has 0 amide bonds. The maximum absolute atomic E-state index is 9.11. The Balaban J connectivity index is 2.23. The molecule has 0 unspecified atom stereocenters. The maximum atomic E-state index is 9.11. The van der Waals surface area contributed by atoms with Gasteiger partial charge in [0.25, 0.3) is 0 Å². The molecule has 0 aliphatic heterocycles. The molecule has 0 spiro atoms.